The van der Waals surface area contributed by atoms with Crippen molar-refractivity contribution >= 4 is 5.69 Å². The van der Waals surface area contributed by atoms with Crippen LogP contribution in [0.2, 0.25) is 0 Å². The van der Waals surface area contributed by atoms with E-state index in [1.54, 1.807) is 0 Å². The third-order valence-corrected chi connectivity index (χ3v) is 3.72. The van der Waals surface area contributed by atoms with E-state index in [1.807, 2.05) is 0 Å². The summed E-state index contributed by atoms with van der Waals surface area (Å²) >= 11 is 0. The van der Waals surface area contributed by atoms with Crippen molar-refractivity contribution in [2.24, 2.45) is 0 Å². The quantitative estimate of drug-likeness (QED) is 0.680. The molecule has 1 aromatic carbocycles. The van der Waals surface area contributed by atoms with Crippen LogP contribution in [-0.2, 0) is 6.42 Å². The Hall–Kier alpha value is -1.02. The molecule has 0 spiro atoms. The largest absolute Gasteiger partial charge is 0.375 e. The molecule has 0 aliphatic heterocycles. The standard InChI is InChI=1S/C17H30N2/c1-5-16-10-12-17(13-11-16)19(4)14-8-7-9-15(3)18-6-2/h10-13,15,18H,5-9,14H2,1-4H3. The zero-order chi connectivity index (χ0) is 14.1. The van der Waals surface area contributed by atoms with Crippen LogP contribution in [0.15, 0.2) is 24.3 Å². The van der Waals surface area contributed by atoms with Gasteiger partial charge in [-0.05, 0) is 50.4 Å². The Balaban J connectivity index is 2.24. The molecule has 1 rings (SSSR count). The molecule has 0 radical (unpaired) electrons. The molecule has 1 unspecified atom stereocenters. The Morgan fingerprint density at radius 3 is 2.37 bits per heavy atom. The molecular formula is C17H30N2. The predicted molar refractivity (Wildman–Crippen MR) is 86.1 cm³/mol. The number of nitrogens with zero attached hydrogens (tertiary/aromatic N) is 1. The van der Waals surface area contributed by atoms with E-state index in [9.17, 15) is 0 Å². The second-order valence-corrected chi connectivity index (χ2v) is 5.40. The molecule has 1 aromatic rings. The normalized spacial score (nSPS) is 12.4. The molecule has 0 fully saturated rings. The van der Waals surface area contributed by atoms with E-state index in [2.05, 4.69) is 62.3 Å². The molecule has 2 heteroatoms. The Bertz CT molecular complexity index is 332. The minimum Gasteiger partial charge on any atom is -0.375 e. The van der Waals surface area contributed by atoms with Gasteiger partial charge in [0, 0.05) is 25.3 Å². The number of hydrogen-bond donors (Lipinski definition) is 1. The first kappa shape index (κ1) is 16.0. The lowest BCUT2D eigenvalue weighted by Gasteiger charge is -2.20. The van der Waals surface area contributed by atoms with Gasteiger partial charge in [0.15, 0.2) is 0 Å². The first-order valence-corrected chi connectivity index (χ1v) is 7.70. The molecule has 0 saturated heterocycles. The first-order valence-electron chi connectivity index (χ1n) is 7.70. The number of benzene rings is 1. The van der Waals surface area contributed by atoms with Crippen LogP contribution in [0.4, 0.5) is 5.69 Å². The van der Waals surface area contributed by atoms with Gasteiger partial charge in [-0.2, -0.15) is 0 Å². The molecule has 0 heterocycles. The van der Waals surface area contributed by atoms with E-state index in [0.717, 1.165) is 19.5 Å². The first-order chi connectivity index (χ1) is 9.17. The summed E-state index contributed by atoms with van der Waals surface area (Å²) in [5, 5.41) is 3.46. The van der Waals surface area contributed by atoms with E-state index in [-0.39, 0.29) is 0 Å². The molecule has 1 N–H and O–H groups in total. The Morgan fingerprint density at radius 2 is 1.79 bits per heavy atom. The SMILES string of the molecule is CCNC(C)CCCCN(C)c1ccc(CC)cc1. The third kappa shape index (κ3) is 6.11. The van der Waals surface area contributed by atoms with Crippen molar-refractivity contribution in [3.8, 4) is 0 Å². The summed E-state index contributed by atoms with van der Waals surface area (Å²) in [6, 6.07) is 9.59. The maximum atomic E-state index is 3.46. The van der Waals surface area contributed by atoms with Crippen molar-refractivity contribution in [1.29, 1.82) is 0 Å². The maximum Gasteiger partial charge on any atom is 0.0363 e. The van der Waals surface area contributed by atoms with Gasteiger partial charge in [0.05, 0.1) is 0 Å². The number of unbranched alkanes of at least 4 members (excludes halogenated alkanes) is 1. The van der Waals surface area contributed by atoms with Crippen molar-refractivity contribution in [2.45, 2.75) is 52.5 Å². The van der Waals surface area contributed by atoms with Gasteiger partial charge >= 0.3 is 0 Å². The highest BCUT2D eigenvalue weighted by atomic mass is 15.1. The molecule has 0 aliphatic carbocycles. The number of hydrogen-bond acceptors (Lipinski definition) is 2. The van der Waals surface area contributed by atoms with Crippen LogP contribution in [0.3, 0.4) is 0 Å². The summed E-state index contributed by atoms with van der Waals surface area (Å²) < 4.78 is 0. The smallest absolute Gasteiger partial charge is 0.0363 e. The molecule has 0 aromatic heterocycles. The number of nitrogens with one attached hydrogen (secondary N) is 1. The topological polar surface area (TPSA) is 15.3 Å². The molecular weight excluding hydrogens is 232 g/mol. The lowest BCUT2D eigenvalue weighted by atomic mass is 10.1. The molecule has 1 atom stereocenters. The monoisotopic (exact) mass is 262 g/mol. The van der Waals surface area contributed by atoms with Crippen molar-refractivity contribution in [3.05, 3.63) is 29.8 Å². The molecule has 19 heavy (non-hydrogen) atoms. The van der Waals surface area contributed by atoms with Crippen LogP contribution in [0.25, 0.3) is 0 Å². The summed E-state index contributed by atoms with van der Waals surface area (Å²) in [6.45, 7) is 8.86. The van der Waals surface area contributed by atoms with Gasteiger partial charge in [-0.25, -0.2) is 0 Å². The van der Waals surface area contributed by atoms with Gasteiger partial charge in [0.2, 0.25) is 0 Å². The Labute approximate surface area is 119 Å². The number of aryl methyl sites for hydroxylation is 1. The molecule has 0 amide bonds. The van der Waals surface area contributed by atoms with Crippen LogP contribution in [-0.4, -0.2) is 26.2 Å². The second-order valence-electron chi connectivity index (χ2n) is 5.40. The number of rotatable bonds is 9. The van der Waals surface area contributed by atoms with Gasteiger partial charge in [-0.1, -0.05) is 32.4 Å². The molecule has 108 valence electrons. The maximum absolute atomic E-state index is 3.46. The minimum absolute atomic E-state index is 0.652. The number of anilines is 1. The van der Waals surface area contributed by atoms with Crippen LogP contribution in [0, 0.1) is 0 Å². The highest BCUT2D eigenvalue weighted by molar-refractivity contribution is 5.46. The van der Waals surface area contributed by atoms with Gasteiger partial charge in [0.25, 0.3) is 0 Å². The average Bonchev–Trinajstić information content (AvgIpc) is 2.44. The van der Waals surface area contributed by atoms with Crippen LogP contribution in [0.1, 0.15) is 45.6 Å². The van der Waals surface area contributed by atoms with E-state index < -0.39 is 0 Å². The lowest BCUT2D eigenvalue weighted by Crippen LogP contribution is -2.25. The Morgan fingerprint density at radius 1 is 1.11 bits per heavy atom. The molecule has 0 aliphatic rings. The minimum atomic E-state index is 0.652. The predicted octanol–water partition coefficient (Wildman–Crippen LogP) is 3.85. The molecule has 2 nitrogen and oxygen atoms in total. The molecule has 0 bridgehead atoms. The fraction of sp³-hybridized carbons (Fsp3) is 0.647. The van der Waals surface area contributed by atoms with E-state index in [4.69, 9.17) is 0 Å². The fourth-order valence-corrected chi connectivity index (χ4v) is 2.37. The van der Waals surface area contributed by atoms with Crippen molar-refractivity contribution in [1.82, 2.24) is 5.32 Å². The van der Waals surface area contributed by atoms with Gasteiger partial charge in [-0.15, -0.1) is 0 Å². The van der Waals surface area contributed by atoms with E-state index in [0.29, 0.717) is 6.04 Å². The van der Waals surface area contributed by atoms with Gasteiger partial charge in [-0.3, -0.25) is 0 Å². The van der Waals surface area contributed by atoms with Crippen LogP contribution < -0.4 is 10.2 Å². The van der Waals surface area contributed by atoms with E-state index in [1.165, 1.54) is 30.5 Å². The third-order valence-electron chi connectivity index (χ3n) is 3.72. The average molecular weight is 262 g/mol. The summed E-state index contributed by atoms with van der Waals surface area (Å²) in [7, 11) is 2.19. The highest BCUT2D eigenvalue weighted by Crippen LogP contribution is 2.15. The summed E-state index contributed by atoms with van der Waals surface area (Å²) in [5.74, 6) is 0. The summed E-state index contributed by atoms with van der Waals surface area (Å²) in [6.07, 6.45) is 4.95. The van der Waals surface area contributed by atoms with Gasteiger partial charge < -0.3 is 10.2 Å². The zero-order valence-electron chi connectivity index (χ0n) is 13.1. The van der Waals surface area contributed by atoms with Gasteiger partial charge in [0.1, 0.15) is 0 Å². The molecule has 0 saturated carbocycles. The lowest BCUT2D eigenvalue weighted by molar-refractivity contribution is 0.503. The second kappa shape index (κ2) is 8.98. The van der Waals surface area contributed by atoms with Crippen LogP contribution >= 0.6 is 0 Å². The highest BCUT2D eigenvalue weighted by Gasteiger charge is 2.02. The zero-order valence-corrected chi connectivity index (χ0v) is 13.1. The van der Waals surface area contributed by atoms with Crippen LogP contribution in [0.5, 0.6) is 0 Å². The van der Waals surface area contributed by atoms with Crippen molar-refractivity contribution in [3.63, 3.8) is 0 Å². The van der Waals surface area contributed by atoms with E-state index >= 15 is 0 Å². The summed E-state index contributed by atoms with van der Waals surface area (Å²) in [4.78, 5) is 2.36. The van der Waals surface area contributed by atoms with Crippen molar-refractivity contribution < 1.29 is 0 Å². The summed E-state index contributed by atoms with van der Waals surface area (Å²) in [5.41, 5.74) is 2.74. The van der Waals surface area contributed by atoms with Crippen molar-refractivity contribution in [2.75, 3.05) is 25.0 Å². The fourth-order valence-electron chi connectivity index (χ4n) is 2.37. The Kier molecular flexibility index (Phi) is 7.57.